The first-order chi connectivity index (χ1) is 14.9. The molecule has 1 amide bonds. The number of alkyl halides is 3. The third kappa shape index (κ3) is 2.99. The number of pyridine rings is 1. The van der Waals surface area contributed by atoms with Crippen LogP contribution in [-0.4, -0.2) is 33.0 Å². The second kappa shape index (κ2) is 6.63. The number of carbonyl (C=O) groups is 1. The van der Waals surface area contributed by atoms with Crippen molar-refractivity contribution in [3.05, 3.63) is 68.2 Å². The number of hydrogen-bond donors (Lipinski definition) is 0. The van der Waals surface area contributed by atoms with E-state index in [0.717, 1.165) is 17.7 Å². The van der Waals surface area contributed by atoms with Gasteiger partial charge in [-0.3, -0.25) is 9.59 Å². The highest BCUT2D eigenvalue weighted by molar-refractivity contribution is 6.30. The van der Waals surface area contributed by atoms with Gasteiger partial charge in [-0.15, -0.1) is 0 Å². The minimum Gasteiger partial charge on any atom is -0.349 e. The van der Waals surface area contributed by atoms with Crippen molar-refractivity contribution < 1.29 is 18.0 Å². The third-order valence-corrected chi connectivity index (χ3v) is 7.16. The second-order valence-corrected chi connectivity index (χ2v) is 9.51. The van der Waals surface area contributed by atoms with Gasteiger partial charge in [-0.25, -0.2) is 0 Å². The molecule has 9 heteroatoms. The number of fused-ring (bicyclic) bond motifs is 2. The molecule has 2 aliphatic rings. The number of likely N-dealkylation sites (tertiary alicyclic amines) is 1. The average molecular weight is 464 g/mol. The molecule has 168 valence electrons. The number of aromatic nitrogens is 2. The Labute approximate surface area is 187 Å². The highest BCUT2D eigenvalue weighted by Gasteiger charge is 2.62. The van der Waals surface area contributed by atoms with Crippen molar-refractivity contribution in [3.63, 3.8) is 0 Å². The maximum absolute atomic E-state index is 13.4. The summed E-state index contributed by atoms with van der Waals surface area (Å²) in [5.41, 5.74) is 0.873. The van der Waals surface area contributed by atoms with E-state index < -0.39 is 17.2 Å². The third-order valence-electron chi connectivity index (χ3n) is 6.94. The fourth-order valence-corrected chi connectivity index (χ4v) is 5.60. The largest absolute Gasteiger partial charge is 0.416 e. The maximum Gasteiger partial charge on any atom is 0.416 e. The second-order valence-electron chi connectivity index (χ2n) is 9.07. The lowest BCUT2D eigenvalue weighted by atomic mass is 9.93. The molecule has 2 fully saturated rings. The SMILES string of the molecule is Cc1cn(C)c(=O)c2c(C(=O)N3CC4CC4(c4cc(Cl)cc(C(F)(F)F)c4)C3)cn(C)c12. The van der Waals surface area contributed by atoms with Crippen LogP contribution in [0, 0.1) is 12.8 Å². The smallest absolute Gasteiger partial charge is 0.349 e. The summed E-state index contributed by atoms with van der Waals surface area (Å²) < 4.78 is 43.1. The van der Waals surface area contributed by atoms with Crippen LogP contribution in [0.25, 0.3) is 10.9 Å². The monoisotopic (exact) mass is 463 g/mol. The molecule has 0 bridgehead atoms. The molecule has 1 aliphatic heterocycles. The molecule has 1 saturated carbocycles. The van der Waals surface area contributed by atoms with Crippen LogP contribution in [0.5, 0.6) is 0 Å². The van der Waals surface area contributed by atoms with Crippen molar-refractivity contribution in [3.8, 4) is 0 Å². The number of amides is 1. The first-order valence-electron chi connectivity index (χ1n) is 10.2. The van der Waals surface area contributed by atoms with Gasteiger partial charge in [0.25, 0.3) is 11.5 Å². The van der Waals surface area contributed by atoms with Crippen molar-refractivity contribution in [2.75, 3.05) is 13.1 Å². The molecule has 0 N–H and O–H groups in total. The van der Waals surface area contributed by atoms with E-state index in [1.54, 1.807) is 42.0 Å². The molecule has 3 aromatic rings. The summed E-state index contributed by atoms with van der Waals surface area (Å²) >= 11 is 6.00. The summed E-state index contributed by atoms with van der Waals surface area (Å²) in [4.78, 5) is 27.9. The minimum atomic E-state index is -4.49. The molecule has 5 rings (SSSR count). The van der Waals surface area contributed by atoms with E-state index in [9.17, 15) is 22.8 Å². The van der Waals surface area contributed by atoms with Gasteiger partial charge in [-0.1, -0.05) is 11.6 Å². The quantitative estimate of drug-likeness (QED) is 0.570. The van der Waals surface area contributed by atoms with E-state index in [0.29, 0.717) is 41.5 Å². The van der Waals surface area contributed by atoms with Gasteiger partial charge in [-0.05, 0) is 48.6 Å². The molecule has 0 radical (unpaired) electrons. The summed E-state index contributed by atoms with van der Waals surface area (Å²) in [6.07, 6.45) is -0.379. The lowest BCUT2D eigenvalue weighted by Gasteiger charge is -2.22. The van der Waals surface area contributed by atoms with Gasteiger partial charge in [0.2, 0.25) is 0 Å². The zero-order valence-electron chi connectivity index (χ0n) is 17.8. The van der Waals surface area contributed by atoms with Crippen molar-refractivity contribution >= 4 is 28.4 Å². The highest BCUT2D eigenvalue weighted by atomic mass is 35.5. The van der Waals surface area contributed by atoms with Crippen LogP contribution >= 0.6 is 11.6 Å². The predicted octanol–water partition coefficient (Wildman–Crippen LogP) is 4.27. The lowest BCUT2D eigenvalue weighted by Crippen LogP contribution is -2.33. The van der Waals surface area contributed by atoms with Gasteiger partial charge in [-0.2, -0.15) is 13.2 Å². The number of nitrogens with zero attached hydrogens (tertiary/aromatic N) is 3. The molecular weight excluding hydrogens is 443 g/mol. The van der Waals surface area contributed by atoms with Crippen molar-refractivity contribution in [1.29, 1.82) is 0 Å². The summed E-state index contributed by atoms with van der Waals surface area (Å²) in [5, 5.41) is 0.407. The Morgan fingerprint density at radius 2 is 1.88 bits per heavy atom. The molecule has 1 aromatic carbocycles. The zero-order chi connectivity index (χ0) is 23.2. The molecule has 1 saturated heterocycles. The first kappa shape index (κ1) is 21.1. The number of piperidine rings is 1. The molecule has 2 unspecified atom stereocenters. The standard InChI is InChI=1S/C23H21ClF3N3O2/c1-12-8-29(3)21(32)18-17(10-28(2)19(12)18)20(31)30-9-15-7-22(15,11-30)13-4-14(23(25,26)27)6-16(24)5-13/h4-6,8,10,15H,7,9,11H2,1-3H3. The van der Waals surface area contributed by atoms with Crippen LogP contribution in [-0.2, 0) is 25.7 Å². The van der Waals surface area contributed by atoms with Gasteiger partial charge >= 0.3 is 6.18 Å². The van der Waals surface area contributed by atoms with E-state index in [1.807, 2.05) is 6.92 Å². The lowest BCUT2D eigenvalue weighted by molar-refractivity contribution is -0.137. The van der Waals surface area contributed by atoms with Gasteiger partial charge in [0.15, 0.2) is 0 Å². The number of rotatable bonds is 2. The Morgan fingerprint density at radius 3 is 2.56 bits per heavy atom. The van der Waals surface area contributed by atoms with Gasteiger partial charge in [0.1, 0.15) is 0 Å². The van der Waals surface area contributed by atoms with Crippen LogP contribution in [0.1, 0.15) is 33.5 Å². The normalized spacial score (nSPS) is 22.5. The summed E-state index contributed by atoms with van der Waals surface area (Å²) in [6, 6.07) is 3.64. The van der Waals surface area contributed by atoms with E-state index in [4.69, 9.17) is 11.6 Å². The average Bonchev–Trinajstić information content (AvgIpc) is 3.09. The fourth-order valence-electron chi connectivity index (χ4n) is 5.36. The molecule has 2 aromatic heterocycles. The summed E-state index contributed by atoms with van der Waals surface area (Å²) in [6.45, 7) is 2.62. The van der Waals surface area contributed by atoms with E-state index in [1.165, 1.54) is 4.57 Å². The Bertz CT molecular complexity index is 1360. The fraction of sp³-hybridized carbons (Fsp3) is 0.391. The van der Waals surface area contributed by atoms with Crippen LogP contribution in [0.15, 0.2) is 35.4 Å². The minimum absolute atomic E-state index is 0.0349. The molecule has 5 nitrogen and oxygen atoms in total. The van der Waals surface area contributed by atoms with Crippen LogP contribution in [0.4, 0.5) is 13.2 Å². The Hall–Kier alpha value is -2.74. The van der Waals surface area contributed by atoms with E-state index in [2.05, 4.69) is 0 Å². The molecule has 2 atom stereocenters. The highest BCUT2D eigenvalue weighted by Crippen LogP contribution is 2.60. The van der Waals surface area contributed by atoms with E-state index >= 15 is 0 Å². The van der Waals surface area contributed by atoms with Crippen LogP contribution < -0.4 is 5.56 Å². The summed E-state index contributed by atoms with van der Waals surface area (Å²) in [5.74, 6) is -0.200. The number of hydrogen-bond acceptors (Lipinski definition) is 2. The first-order valence-corrected chi connectivity index (χ1v) is 10.6. The van der Waals surface area contributed by atoms with Crippen LogP contribution in [0.3, 0.4) is 0 Å². The van der Waals surface area contributed by atoms with E-state index in [-0.39, 0.29) is 22.4 Å². The van der Waals surface area contributed by atoms with Crippen molar-refractivity contribution in [2.45, 2.75) is 24.9 Å². The molecule has 1 aliphatic carbocycles. The van der Waals surface area contributed by atoms with Gasteiger partial charge in [0.05, 0.1) is 22.0 Å². The van der Waals surface area contributed by atoms with Crippen LogP contribution in [0.2, 0.25) is 5.02 Å². The Morgan fingerprint density at radius 1 is 1.16 bits per heavy atom. The maximum atomic E-state index is 13.4. The van der Waals surface area contributed by atoms with Crippen molar-refractivity contribution in [1.82, 2.24) is 14.0 Å². The Kier molecular flexibility index (Phi) is 4.38. The zero-order valence-corrected chi connectivity index (χ0v) is 18.5. The number of benzene rings is 1. The summed E-state index contributed by atoms with van der Waals surface area (Å²) in [7, 11) is 3.44. The number of carbonyl (C=O) groups excluding carboxylic acids is 1. The topological polar surface area (TPSA) is 47.2 Å². The van der Waals surface area contributed by atoms with Gasteiger partial charge < -0.3 is 14.0 Å². The molecule has 0 spiro atoms. The predicted molar refractivity (Wildman–Crippen MR) is 115 cm³/mol. The van der Waals surface area contributed by atoms with Crippen molar-refractivity contribution in [2.24, 2.45) is 20.0 Å². The molecule has 32 heavy (non-hydrogen) atoms. The number of halogens is 4. The number of aryl methyl sites for hydroxylation is 3. The molecule has 3 heterocycles. The molecular formula is C23H21ClF3N3O2. The Balaban J connectivity index is 1.51. The van der Waals surface area contributed by atoms with Gasteiger partial charge in [0, 0.05) is 50.0 Å².